The second-order valence-electron chi connectivity index (χ2n) is 6.89. The van der Waals surface area contributed by atoms with E-state index >= 15 is 0 Å². The summed E-state index contributed by atoms with van der Waals surface area (Å²) < 4.78 is 0. The first kappa shape index (κ1) is 23.4. The monoisotopic (exact) mass is 441 g/mol. The molecular weight excluding hydrogens is 418 g/mol. The summed E-state index contributed by atoms with van der Waals surface area (Å²) in [5, 5.41) is 43.2. The number of nitrogens with one attached hydrogen (secondary N) is 2. The van der Waals surface area contributed by atoms with Crippen LogP contribution in [0, 0.1) is 5.92 Å². The van der Waals surface area contributed by atoms with Crippen molar-refractivity contribution in [1.29, 1.82) is 0 Å². The lowest BCUT2D eigenvalue weighted by molar-refractivity contribution is -0.135. The number of thioether (sulfide) groups is 1. The van der Waals surface area contributed by atoms with Crippen LogP contribution in [0.25, 0.3) is 0 Å². The fourth-order valence-corrected chi connectivity index (χ4v) is 4.89. The highest BCUT2D eigenvalue weighted by atomic mass is 32.2. The van der Waals surface area contributed by atoms with Gasteiger partial charge in [0.2, 0.25) is 0 Å². The number of rotatable bonds is 9. The summed E-state index contributed by atoms with van der Waals surface area (Å²) in [6.07, 6.45) is 2.56. The molecule has 1 aliphatic carbocycles. The Kier molecular flexibility index (Phi) is 7.29. The maximum absolute atomic E-state index is 11.8. The van der Waals surface area contributed by atoms with Crippen LogP contribution in [-0.4, -0.2) is 61.9 Å². The third-order valence-electron chi connectivity index (χ3n) is 4.69. The van der Waals surface area contributed by atoms with Crippen LogP contribution in [-0.2, 0) is 19.2 Å². The van der Waals surface area contributed by atoms with Gasteiger partial charge in [-0.2, -0.15) is 0 Å². The van der Waals surface area contributed by atoms with E-state index < -0.39 is 40.4 Å². The van der Waals surface area contributed by atoms with Crippen molar-refractivity contribution in [1.82, 2.24) is 10.6 Å². The van der Waals surface area contributed by atoms with E-state index in [4.69, 9.17) is 15.9 Å². The number of carbonyl (C=O) groups is 4. The number of allylic oxidation sites excluding steroid dienone is 1. The molecule has 0 aromatic heterocycles. The molecular formula is C18H23N3O8S. The van der Waals surface area contributed by atoms with Crippen molar-refractivity contribution in [2.45, 2.75) is 37.2 Å². The van der Waals surface area contributed by atoms with Gasteiger partial charge in [-0.1, -0.05) is 18.7 Å². The molecule has 3 atom stereocenters. The first-order valence-corrected chi connectivity index (χ1v) is 9.88. The van der Waals surface area contributed by atoms with Crippen molar-refractivity contribution in [3.63, 3.8) is 0 Å². The van der Waals surface area contributed by atoms with E-state index in [2.05, 4.69) is 10.6 Å². The Bertz CT molecular complexity index is 865. The topological polar surface area (TPSA) is 199 Å². The van der Waals surface area contributed by atoms with Crippen LogP contribution in [0.4, 0.5) is 0 Å². The molecule has 30 heavy (non-hydrogen) atoms. The molecule has 164 valence electrons. The van der Waals surface area contributed by atoms with Crippen molar-refractivity contribution in [3.05, 3.63) is 33.9 Å². The van der Waals surface area contributed by atoms with Crippen LogP contribution in [0.3, 0.4) is 0 Å². The van der Waals surface area contributed by atoms with E-state index in [-0.39, 0.29) is 18.0 Å². The molecule has 0 spiro atoms. The highest BCUT2D eigenvalue weighted by molar-refractivity contribution is 8.04. The smallest absolute Gasteiger partial charge is 0.336 e. The zero-order chi connectivity index (χ0) is 22.6. The first-order valence-electron chi connectivity index (χ1n) is 9.07. The summed E-state index contributed by atoms with van der Waals surface area (Å²) in [5.41, 5.74) is 5.49. The summed E-state index contributed by atoms with van der Waals surface area (Å²) in [6, 6.07) is -0.196. The molecule has 12 heteroatoms. The van der Waals surface area contributed by atoms with E-state index in [1.807, 2.05) is 6.92 Å². The van der Waals surface area contributed by atoms with E-state index in [1.54, 1.807) is 0 Å². The van der Waals surface area contributed by atoms with Crippen LogP contribution in [0.2, 0.25) is 0 Å². The Balaban J connectivity index is 2.50. The normalized spacial score (nSPS) is 26.7. The van der Waals surface area contributed by atoms with Crippen molar-refractivity contribution in [2.24, 2.45) is 11.7 Å². The molecule has 2 rings (SSSR count). The molecule has 0 saturated carbocycles. The van der Waals surface area contributed by atoms with Gasteiger partial charge in [0.15, 0.2) is 4.99 Å². The maximum atomic E-state index is 11.8. The average Bonchev–Trinajstić information content (AvgIpc) is 2.98. The van der Waals surface area contributed by atoms with Crippen LogP contribution in [0.1, 0.15) is 26.2 Å². The number of nitrogens with two attached hydrogens (primary N) is 1. The molecule has 3 unspecified atom stereocenters. The summed E-state index contributed by atoms with van der Waals surface area (Å²) in [6.45, 7) is 2.60. The molecule has 1 heterocycles. The van der Waals surface area contributed by atoms with Crippen LogP contribution in [0.5, 0.6) is 0 Å². The first-order chi connectivity index (χ1) is 14.0. The molecule has 8 N–H and O–H groups in total. The number of carboxylic acids is 4. The molecule has 11 nitrogen and oxygen atoms in total. The molecule has 1 aliphatic heterocycles. The molecule has 0 aromatic rings. The Morgan fingerprint density at radius 3 is 2.30 bits per heavy atom. The largest absolute Gasteiger partial charge is 0.478 e. The second kappa shape index (κ2) is 9.32. The Morgan fingerprint density at radius 2 is 1.80 bits per heavy atom. The van der Waals surface area contributed by atoms with Gasteiger partial charge in [0.1, 0.15) is 0 Å². The van der Waals surface area contributed by atoms with Gasteiger partial charge in [-0.05, 0) is 25.8 Å². The van der Waals surface area contributed by atoms with Crippen molar-refractivity contribution in [2.75, 3.05) is 6.54 Å². The van der Waals surface area contributed by atoms with Crippen LogP contribution in [0.15, 0.2) is 33.9 Å². The fourth-order valence-electron chi connectivity index (χ4n) is 3.49. The van der Waals surface area contributed by atoms with Crippen molar-refractivity contribution >= 4 is 35.6 Å². The third-order valence-corrected chi connectivity index (χ3v) is 5.97. The van der Waals surface area contributed by atoms with E-state index in [0.717, 1.165) is 18.2 Å². The molecule has 0 fully saturated rings. The SMILES string of the molecule is CCCNC1CC2=C(NC(N)(/C(=C\C(=O)O)C(=O)O)S2)C(/C(=C\C(=O)O)C(=O)O)C1. The summed E-state index contributed by atoms with van der Waals surface area (Å²) in [5.74, 6) is -6.79. The van der Waals surface area contributed by atoms with Gasteiger partial charge < -0.3 is 31.1 Å². The number of carboxylic acid groups (broad SMARTS) is 4. The molecule has 0 amide bonds. The predicted octanol–water partition coefficient (Wildman–Crippen LogP) is 0.116. The van der Waals surface area contributed by atoms with Gasteiger partial charge in [0.25, 0.3) is 0 Å². The van der Waals surface area contributed by atoms with Crippen molar-refractivity contribution in [3.8, 4) is 0 Å². The minimum absolute atomic E-state index is 0.196. The lowest BCUT2D eigenvalue weighted by atomic mass is 9.82. The molecule has 0 saturated heterocycles. The minimum Gasteiger partial charge on any atom is -0.478 e. The van der Waals surface area contributed by atoms with Gasteiger partial charge >= 0.3 is 23.9 Å². The predicted molar refractivity (Wildman–Crippen MR) is 106 cm³/mol. The molecule has 2 aliphatic rings. The number of hydrogen-bond donors (Lipinski definition) is 7. The summed E-state index contributed by atoms with van der Waals surface area (Å²) >= 11 is 0.891. The van der Waals surface area contributed by atoms with Crippen molar-refractivity contribution < 1.29 is 39.6 Å². The average molecular weight is 441 g/mol. The quantitative estimate of drug-likeness (QED) is 0.239. The maximum Gasteiger partial charge on any atom is 0.336 e. The zero-order valence-electron chi connectivity index (χ0n) is 16.0. The van der Waals surface area contributed by atoms with E-state index in [9.17, 15) is 29.4 Å². The number of hydrogen-bond acceptors (Lipinski definition) is 8. The van der Waals surface area contributed by atoms with Gasteiger partial charge in [-0.15, -0.1) is 0 Å². The second-order valence-corrected chi connectivity index (χ2v) is 8.23. The fraction of sp³-hybridized carbons (Fsp3) is 0.444. The summed E-state index contributed by atoms with van der Waals surface area (Å²) in [4.78, 5) is 44.4. The lowest BCUT2D eigenvalue weighted by Gasteiger charge is -2.32. The Morgan fingerprint density at radius 1 is 1.17 bits per heavy atom. The zero-order valence-corrected chi connectivity index (χ0v) is 16.9. The Labute approximate surface area is 175 Å². The molecule has 0 aromatic carbocycles. The third kappa shape index (κ3) is 5.20. The van der Waals surface area contributed by atoms with E-state index in [1.165, 1.54) is 0 Å². The summed E-state index contributed by atoms with van der Waals surface area (Å²) in [7, 11) is 0. The highest BCUT2D eigenvalue weighted by Gasteiger charge is 2.48. The number of aliphatic carboxylic acids is 4. The molecule has 0 radical (unpaired) electrons. The molecule has 0 bridgehead atoms. The minimum atomic E-state index is -1.85. The Hall–Kier alpha value is -2.83. The van der Waals surface area contributed by atoms with Crippen LogP contribution >= 0.6 is 11.8 Å². The van der Waals surface area contributed by atoms with Gasteiger partial charge in [-0.3, -0.25) is 5.73 Å². The van der Waals surface area contributed by atoms with Crippen LogP contribution < -0.4 is 16.4 Å². The lowest BCUT2D eigenvalue weighted by Crippen LogP contribution is -2.52. The van der Waals surface area contributed by atoms with Gasteiger partial charge in [-0.25, -0.2) is 19.2 Å². The van der Waals surface area contributed by atoms with E-state index in [0.29, 0.717) is 35.7 Å². The van der Waals surface area contributed by atoms with Gasteiger partial charge in [0, 0.05) is 34.7 Å². The standard InChI is InChI=1S/C18H23N3O8S/c1-2-3-20-8-4-9(10(16(26)27)6-13(22)23)15-12(5-8)30-18(19,21-15)11(17(28)29)7-14(24)25/h6-9,20-21H,2-5,19H2,1H3,(H,22,23)(H,24,25)(H,26,27)(H,28,29)/b10-6+,11-7-. The van der Waals surface area contributed by atoms with Gasteiger partial charge in [0.05, 0.1) is 11.1 Å². The highest BCUT2D eigenvalue weighted by Crippen LogP contribution is 2.49.